The molecular weight excluding hydrogens is 474 g/mol. The van der Waals surface area contributed by atoms with E-state index in [0.717, 1.165) is 63.5 Å². The zero-order chi connectivity index (χ0) is 26.1. The van der Waals surface area contributed by atoms with Crippen LogP contribution in [0.2, 0.25) is 0 Å². The van der Waals surface area contributed by atoms with Gasteiger partial charge in [-0.05, 0) is 67.6 Å². The van der Waals surface area contributed by atoms with E-state index < -0.39 is 0 Å². The van der Waals surface area contributed by atoms with E-state index in [1.54, 1.807) is 18.7 Å². The number of rotatable bonds is 3. The normalized spacial score (nSPS) is 13.9. The van der Waals surface area contributed by atoms with E-state index in [-0.39, 0.29) is 5.91 Å². The number of hydrogen-bond acceptors (Lipinski definition) is 6. The van der Waals surface area contributed by atoms with E-state index in [2.05, 4.69) is 54.1 Å². The smallest absolute Gasteiger partial charge is 0.255 e. The maximum Gasteiger partial charge on any atom is 0.255 e. The molecular formula is C30H27N7O. The molecule has 1 fully saturated rings. The van der Waals surface area contributed by atoms with Gasteiger partial charge in [0.15, 0.2) is 5.65 Å². The van der Waals surface area contributed by atoms with Crippen LogP contribution in [0, 0.1) is 24.7 Å². The number of nitrogens with one attached hydrogen (secondary N) is 2. The minimum absolute atomic E-state index is 0.201. The first-order chi connectivity index (χ1) is 18.5. The number of aromatic amines is 1. The zero-order valence-corrected chi connectivity index (χ0v) is 21.3. The Balaban J connectivity index is 1.21. The first-order valence-corrected chi connectivity index (χ1v) is 12.8. The number of amides is 1. The van der Waals surface area contributed by atoms with Crippen LogP contribution in [0.3, 0.4) is 0 Å². The van der Waals surface area contributed by atoms with Crippen molar-refractivity contribution in [2.24, 2.45) is 5.92 Å². The Morgan fingerprint density at radius 1 is 1.03 bits per heavy atom. The van der Waals surface area contributed by atoms with Crippen LogP contribution in [-0.2, 0) is 0 Å². The fourth-order valence-corrected chi connectivity index (χ4v) is 4.74. The number of carbonyl (C=O) groups is 1. The van der Waals surface area contributed by atoms with Gasteiger partial charge in [-0.3, -0.25) is 9.89 Å². The Labute approximate surface area is 220 Å². The largest absolute Gasteiger partial charge is 0.356 e. The highest BCUT2D eigenvalue weighted by Crippen LogP contribution is 2.29. The molecule has 8 heteroatoms. The van der Waals surface area contributed by atoms with Crippen LogP contribution in [0.4, 0.5) is 11.5 Å². The van der Waals surface area contributed by atoms with Gasteiger partial charge in [-0.1, -0.05) is 24.8 Å². The lowest BCUT2D eigenvalue weighted by atomic mass is 9.99. The molecule has 3 aromatic heterocycles. The summed E-state index contributed by atoms with van der Waals surface area (Å²) in [7, 11) is 0. The number of anilines is 2. The molecule has 0 unspecified atom stereocenters. The van der Waals surface area contributed by atoms with E-state index in [1.165, 1.54) is 12.8 Å². The number of hydrogen-bond donors (Lipinski definition) is 2. The van der Waals surface area contributed by atoms with Crippen LogP contribution in [-0.4, -0.2) is 44.1 Å². The van der Waals surface area contributed by atoms with Crippen LogP contribution < -0.4 is 10.2 Å². The van der Waals surface area contributed by atoms with E-state index in [4.69, 9.17) is 0 Å². The van der Waals surface area contributed by atoms with Crippen molar-refractivity contribution in [3.8, 4) is 11.8 Å². The van der Waals surface area contributed by atoms with Gasteiger partial charge in [0.1, 0.15) is 12.1 Å². The van der Waals surface area contributed by atoms with Crippen LogP contribution >= 0.6 is 0 Å². The molecule has 38 heavy (non-hydrogen) atoms. The molecule has 1 amide bonds. The molecule has 2 N–H and O–H groups in total. The molecule has 0 radical (unpaired) electrons. The van der Waals surface area contributed by atoms with Crippen molar-refractivity contribution < 1.29 is 4.79 Å². The molecule has 8 nitrogen and oxygen atoms in total. The summed E-state index contributed by atoms with van der Waals surface area (Å²) in [6, 6.07) is 13.3. The maximum atomic E-state index is 13.1. The molecule has 0 bridgehead atoms. The Hall–Kier alpha value is -4.77. The Kier molecular flexibility index (Phi) is 6.18. The lowest BCUT2D eigenvalue weighted by Crippen LogP contribution is -2.33. The topological polar surface area (TPSA) is 99.7 Å². The van der Waals surface area contributed by atoms with Gasteiger partial charge >= 0.3 is 0 Å². The predicted molar refractivity (Wildman–Crippen MR) is 149 cm³/mol. The monoisotopic (exact) mass is 501 g/mol. The minimum atomic E-state index is -0.201. The summed E-state index contributed by atoms with van der Waals surface area (Å²) in [5.41, 5.74) is 5.32. The van der Waals surface area contributed by atoms with Gasteiger partial charge in [-0.25, -0.2) is 15.0 Å². The standard InChI is InChI=1S/C30H27N7O/c1-19-9-11-37(12-10-19)29-26-8-7-25(15-27(26)32-18-33-29)35-30(38)23-5-3-20(2)22(14-23)6-4-21-13-24-17-34-36-28(24)31-16-21/h3,5,7-8,13-19H,9-12H2,1-2H3,(H,35,38)(H,31,34,36). The third kappa shape index (κ3) is 4.78. The maximum absolute atomic E-state index is 13.1. The van der Waals surface area contributed by atoms with E-state index in [0.29, 0.717) is 11.3 Å². The molecule has 188 valence electrons. The van der Waals surface area contributed by atoms with Gasteiger partial charge in [-0.2, -0.15) is 5.10 Å². The summed E-state index contributed by atoms with van der Waals surface area (Å²) in [6.07, 6.45) is 7.36. The molecule has 2 aromatic carbocycles. The average Bonchev–Trinajstić information content (AvgIpc) is 3.41. The lowest BCUT2D eigenvalue weighted by Gasteiger charge is -2.31. The molecule has 1 aliphatic rings. The first-order valence-electron chi connectivity index (χ1n) is 12.8. The summed E-state index contributed by atoms with van der Waals surface area (Å²) in [5, 5.41) is 11.7. The quantitative estimate of drug-likeness (QED) is 0.334. The number of aryl methyl sites for hydroxylation is 1. The van der Waals surface area contributed by atoms with Crippen LogP contribution in [0.1, 0.15) is 46.8 Å². The Bertz CT molecular complexity index is 1720. The summed E-state index contributed by atoms with van der Waals surface area (Å²) in [5.74, 6) is 7.85. The third-order valence-electron chi connectivity index (χ3n) is 7.09. The van der Waals surface area contributed by atoms with Crippen LogP contribution in [0.25, 0.3) is 21.9 Å². The molecule has 0 spiro atoms. The third-order valence-corrected chi connectivity index (χ3v) is 7.09. The Morgan fingerprint density at radius 2 is 1.89 bits per heavy atom. The lowest BCUT2D eigenvalue weighted by molar-refractivity contribution is 0.102. The highest BCUT2D eigenvalue weighted by molar-refractivity contribution is 6.05. The van der Waals surface area contributed by atoms with E-state index in [9.17, 15) is 4.79 Å². The fraction of sp³-hybridized carbons (Fsp3) is 0.233. The summed E-state index contributed by atoms with van der Waals surface area (Å²) in [4.78, 5) is 28.8. The van der Waals surface area contributed by atoms with Crippen molar-refractivity contribution in [3.63, 3.8) is 0 Å². The number of aromatic nitrogens is 5. The predicted octanol–water partition coefficient (Wildman–Crippen LogP) is 5.10. The molecule has 0 aliphatic carbocycles. The number of nitrogens with zero attached hydrogens (tertiary/aromatic N) is 5. The average molecular weight is 502 g/mol. The molecule has 4 heterocycles. The van der Waals surface area contributed by atoms with Crippen molar-refractivity contribution in [3.05, 3.63) is 83.4 Å². The first kappa shape index (κ1) is 23.6. The number of pyridine rings is 1. The number of piperidine rings is 1. The molecule has 0 saturated carbocycles. The van der Waals surface area contributed by atoms with Crippen molar-refractivity contribution in [2.45, 2.75) is 26.7 Å². The van der Waals surface area contributed by atoms with Crippen LogP contribution in [0.5, 0.6) is 0 Å². The van der Waals surface area contributed by atoms with Crippen molar-refractivity contribution >= 4 is 39.3 Å². The van der Waals surface area contributed by atoms with Gasteiger partial charge in [0.25, 0.3) is 5.91 Å². The van der Waals surface area contributed by atoms with Gasteiger partial charge in [-0.15, -0.1) is 0 Å². The second-order valence-electron chi connectivity index (χ2n) is 9.86. The molecule has 1 saturated heterocycles. The molecule has 0 atom stereocenters. The van der Waals surface area contributed by atoms with Gasteiger partial charge in [0.05, 0.1) is 11.7 Å². The highest BCUT2D eigenvalue weighted by Gasteiger charge is 2.19. The van der Waals surface area contributed by atoms with Crippen molar-refractivity contribution in [1.82, 2.24) is 25.1 Å². The summed E-state index contributed by atoms with van der Waals surface area (Å²) < 4.78 is 0. The molecule has 6 rings (SSSR count). The highest BCUT2D eigenvalue weighted by atomic mass is 16.1. The fourth-order valence-electron chi connectivity index (χ4n) is 4.74. The van der Waals surface area contributed by atoms with Gasteiger partial charge < -0.3 is 10.2 Å². The number of H-pyrrole nitrogens is 1. The van der Waals surface area contributed by atoms with E-state index >= 15 is 0 Å². The second-order valence-corrected chi connectivity index (χ2v) is 9.86. The minimum Gasteiger partial charge on any atom is -0.356 e. The molecule has 5 aromatic rings. The van der Waals surface area contributed by atoms with E-state index in [1.807, 2.05) is 49.4 Å². The number of carbonyl (C=O) groups excluding carboxylic acids is 1. The van der Waals surface area contributed by atoms with Crippen LogP contribution in [0.15, 0.2) is 61.2 Å². The number of benzene rings is 2. The molecule has 1 aliphatic heterocycles. The zero-order valence-electron chi connectivity index (χ0n) is 21.3. The number of fused-ring (bicyclic) bond motifs is 2. The van der Waals surface area contributed by atoms with Crippen molar-refractivity contribution in [1.29, 1.82) is 0 Å². The summed E-state index contributed by atoms with van der Waals surface area (Å²) in [6.45, 7) is 6.28. The van der Waals surface area contributed by atoms with Crippen molar-refractivity contribution in [2.75, 3.05) is 23.3 Å². The van der Waals surface area contributed by atoms with Gasteiger partial charge in [0, 0.05) is 52.4 Å². The summed E-state index contributed by atoms with van der Waals surface area (Å²) >= 11 is 0. The van der Waals surface area contributed by atoms with Gasteiger partial charge in [0.2, 0.25) is 0 Å². The SMILES string of the molecule is Cc1ccc(C(=O)Nc2ccc3c(N4CCC(C)CC4)ncnc3c2)cc1C#Cc1cnc2[nH]ncc2c1. The second kappa shape index (κ2) is 9.94. The Morgan fingerprint density at radius 3 is 2.76 bits per heavy atom.